The average molecular weight is 400 g/mol. The lowest BCUT2D eigenvalue weighted by Gasteiger charge is -2.09. The van der Waals surface area contributed by atoms with Crippen LogP contribution in [0.25, 0.3) is 10.4 Å². The summed E-state index contributed by atoms with van der Waals surface area (Å²) in [5.41, 5.74) is 3.33. The second-order valence-electron chi connectivity index (χ2n) is 7.07. The maximum atomic E-state index is 13.9. The number of thiazole rings is 1. The topological polar surface area (TPSA) is 91.2 Å². The zero-order chi connectivity index (χ0) is 19.7. The van der Waals surface area contributed by atoms with Gasteiger partial charge in [-0.25, -0.2) is 19.3 Å². The minimum Gasteiger partial charge on any atom is -0.394 e. The van der Waals surface area contributed by atoms with Crippen molar-refractivity contribution in [3.8, 4) is 10.4 Å². The van der Waals surface area contributed by atoms with E-state index < -0.39 is 6.10 Å². The van der Waals surface area contributed by atoms with Gasteiger partial charge >= 0.3 is 0 Å². The number of benzene rings is 1. The molecule has 8 heteroatoms. The van der Waals surface area contributed by atoms with Crippen LogP contribution in [-0.4, -0.2) is 37.9 Å². The molecule has 4 rings (SSSR count). The monoisotopic (exact) mass is 400 g/mol. The molecule has 1 saturated carbocycles. The summed E-state index contributed by atoms with van der Waals surface area (Å²) in [6.07, 6.45) is 4.46. The van der Waals surface area contributed by atoms with Crippen LogP contribution in [0.15, 0.2) is 30.6 Å². The van der Waals surface area contributed by atoms with Gasteiger partial charge in [-0.2, -0.15) is 0 Å². The zero-order valence-electron chi connectivity index (χ0n) is 15.4. The predicted molar refractivity (Wildman–Crippen MR) is 106 cm³/mol. The molecule has 146 valence electrons. The third-order valence-electron chi connectivity index (χ3n) is 4.53. The largest absolute Gasteiger partial charge is 0.394 e. The summed E-state index contributed by atoms with van der Waals surface area (Å²) in [7, 11) is 0. The van der Waals surface area contributed by atoms with Crippen LogP contribution < -0.4 is 5.32 Å². The van der Waals surface area contributed by atoms with Crippen molar-refractivity contribution in [2.24, 2.45) is 0 Å². The first kappa shape index (κ1) is 18.9. The van der Waals surface area contributed by atoms with E-state index in [1.165, 1.54) is 17.5 Å². The minimum atomic E-state index is -0.801. The molecular formula is C20H21FN4O2S. The van der Waals surface area contributed by atoms with Crippen LogP contribution in [-0.2, 0) is 6.42 Å². The molecule has 1 fully saturated rings. The Morgan fingerprint density at radius 2 is 2.07 bits per heavy atom. The first-order chi connectivity index (χ1) is 13.5. The van der Waals surface area contributed by atoms with Crippen molar-refractivity contribution in [1.82, 2.24) is 15.0 Å². The van der Waals surface area contributed by atoms with Crippen molar-refractivity contribution in [1.29, 1.82) is 0 Å². The number of aliphatic hydroxyl groups excluding tert-OH is 2. The Morgan fingerprint density at radius 3 is 2.82 bits per heavy atom. The van der Waals surface area contributed by atoms with E-state index in [4.69, 9.17) is 5.11 Å². The van der Waals surface area contributed by atoms with Gasteiger partial charge in [0.15, 0.2) is 5.82 Å². The molecule has 0 amide bonds. The fourth-order valence-electron chi connectivity index (χ4n) is 3.01. The van der Waals surface area contributed by atoms with E-state index in [0.29, 0.717) is 18.1 Å². The summed E-state index contributed by atoms with van der Waals surface area (Å²) >= 11 is 1.48. The number of anilines is 2. The van der Waals surface area contributed by atoms with Crippen LogP contribution in [0, 0.1) is 12.7 Å². The van der Waals surface area contributed by atoms with Crippen molar-refractivity contribution in [2.75, 3.05) is 11.9 Å². The summed E-state index contributed by atoms with van der Waals surface area (Å²) in [6, 6.07) is 5.99. The molecule has 2 aromatic heterocycles. The standard InChI is InChI=1S/C20H21FN4O2S/c1-11-4-13(17-9-22-18(28-17)7-15(27)10-26)6-14(5-11)24-20-23-8-16(21)19(25-20)12-2-3-12/h4-6,8-9,12,15,26-27H,2-3,7,10H2,1H3,(H,23,24,25). The molecule has 3 aromatic rings. The van der Waals surface area contributed by atoms with Gasteiger partial charge in [-0.15, -0.1) is 11.3 Å². The van der Waals surface area contributed by atoms with E-state index in [0.717, 1.165) is 39.5 Å². The molecule has 1 unspecified atom stereocenters. The van der Waals surface area contributed by atoms with Gasteiger partial charge in [0.2, 0.25) is 5.95 Å². The molecular weight excluding hydrogens is 379 g/mol. The molecule has 28 heavy (non-hydrogen) atoms. The van der Waals surface area contributed by atoms with Gasteiger partial charge in [0.1, 0.15) is 0 Å². The number of aliphatic hydroxyl groups is 2. The van der Waals surface area contributed by atoms with Crippen molar-refractivity contribution < 1.29 is 14.6 Å². The number of hydrogen-bond donors (Lipinski definition) is 3. The number of aryl methyl sites for hydroxylation is 1. The molecule has 0 spiro atoms. The highest BCUT2D eigenvalue weighted by atomic mass is 32.1. The van der Waals surface area contributed by atoms with Crippen LogP contribution in [0.5, 0.6) is 0 Å². The van der Waals surface area contributed by atoms with E-state index in [2.05, 4.69) is 20.3 Å². The molecule has 0 saturated heterocycles. The summed E-state index contributed by atoms with van der Waals surface area (Å²) < 4.78 is 13.9. The van der Waals surface area contributed by atoms with Gasteiger partial charge in [-0.05, 0) is 43.0 Å². The lowest BCUT2D eigenvalue weighted by atomic mass is 10.1. The van der Waals surface area contributed by atoms with Crippen LogP contribution in [0.4, 0.5) is 16.0 Å². The number of halogens is 1. The first-order valence-corrected chi connectivity index (χ1v) is 9.98. The summed E-state index contributed by atoms with van der Waals surface area (Å²) in [4.78, 5) is 13.7. The quantitative estimate of drug-likeness (QED) is 0.562. The lowest BCUT2D eigenvalue weighted by Crippen LogP contribution is -2.14. The predicted octanol–water partition coefficient (Wildman–Crippen LogP) is 3.56. The van der Waals surface area contributed by atoms with Gasteiger partial charge in [-0.3, -0.25) is 0 Å². The van der Waals surface area contributed by atoms with Crippen LogP contribution in [0.3, 0.4) is 0 Å². The Kier molecular flexibility index (Phi) is 5.34. The Morgan fingerprint density at radius 1 is 1.25 bits per heavy atom. The van der Waals surface area contributed by atoms with Crippen molar-refractivity contribution in [3.63, 3.8) is 0 Å². The highest BCUT2D eigenvalue weighted by Gasteiger charge is 2.28. The third kappa shape index (κ3) is 4.35. The van der Waals surface area contributed by atoms with Gasteiger partial charge < -0.3 is 15.5 Å². The second-order valence-corrected chi connectivity index (χ2v) is 8.19. The van der Waals surface area contributed by atoms with E-state index >= 15 is 0 Å². The molecule has 1 aromatic carbocycles. The third-order valence-corrected chi connectivity index (χ3v) is 5.60. The number of aromatic nitrogens is 3. The molecule has 0 bridgehead atoms. The molecule has 0 radical (unpaired) electrons. The van der Waals surface area contributed by atoms with Gasteiger partial charge in [0.25, 0.3) is 0 Å². The van der Waals surface area contributed by atoms with Crippen molar-refractivity contribution >= 4 is 23.0 Å². The number of rotatable bonds is 7. The Balaban J connectivity index is 1.57. The van der Waals surface area contributed by atoms with Crippen LogP contribution >= 0.6 is 11.3 Å². The van der Waals surface area contributed by atoms with Crippen molar-refractivity contribution in [3.05, 3.63) is 52.7 Å². The molecule has 1 aliphatic carbocycles. The molecule has 3 N–H and O–H groups in total. The van der Waals surface area contributed by atoms with E-state index in [-0.39, 0.29) is 18.3 Å². The normalized spacial score (nSPS) is 14.9. The van der Waals surface area contributed by atoms with Gasteiger partial charge in [0.05, 0.1) is 34.5 Å². The fraction of sp³-hybridized carbons (Fsp3) is 0.350. The van der Waals surface area contributed by atoms with Crippen LogP contribution in [0.2, 0.25) is 0 Å². The molecule has 2 heterocycles. The minimum absolute atomic E-state index is 0.210. The van der Waals surface area contributed by atoms with Crippen molar-refractivity contribution in [2.45, 2.75) is 38.2 Å². The Labute approximate surface area is 166 Å². The fourth-order valence-corrected chi connectivity index (χ4v) is 3.99. The molecule has 1 aliphatic rings. The maximum absolute atomic E-state index is 13.9. The van der Waals surface area contributed by atoms with E-state index in [1.54, 1.807) is 6.20 Å². The number of hydrogen-bond acceptors (Lipinski definition) is 7. The highest BCUT2D eigenvalue weighted by molar-refractivity contribution is 7.15. The molecule has 6 nitrogen and oxygen atoms in total. The molecule has 1 atom stereocenters. The van der Waals surface area contributed by atoms with E-state index in [1.807, 2.05) is 25.1 Å². The zero-order valence-corrected chi connectivity index (χ0v) is 16.2. The second kappa shape index (κ2) is 7.90. The van der Waals surface area contributed by atoms with Gasteiger partial charge in [-0.1, -0.05) is 6.07 Å². The maximum Gasteiger partial charge on any atom is 0.227 e. The number of nitrogens with one attached hydrogen (secondary N) is 1. The van der Waals surface area contributed by atoms with E-state index in [9.17, 15) is 9.50 Å². The number of nitrogens with zero attached hydrogens (tertiary/aromatic N) is 3. The lowest BCUT2D eigenvalue weighted by molar-refractivity contribution is 0.0954. The Hall–Kier alpha value is -2.42. The highest BCUT2D eigenvalue weighted by Crippen LogP contribution is 2.40. The molecule has 0 aliphatic heterocycles. The summed E-state index contributed by atoms with van der Waals surface area (Å²) in [5, 5.41) is 22.5. The smallest absolute Gasteiger partial charge is 0.227 e. The van der Waals surface area contributed by atoms with Gasteiger partial charge in [0, 0.05) is 24.2 Å². The SMILES string of the molecule is Cc1cc(Nc2ncc(F)c(C3CC3)n2)cc(-c2cnc(CC(O)CO)s2)c1. The first-order valence-electron chi connectivity index (χ1n) is 9.17. The Bertz CT molecular complexity index is 990. The van der Waals surface area contributed by atoms with Crippen LogP contribution in [0.1, 0.15) is 35.0 Å². The summed E-state index contributed by atoms with van der Waals surface area (Å²) in [6.45, 7) is 1.71. The average Bonchev–Trinajstić information content (AvgIpc) is 3.41. The summed E-state index contributed by atoms with van der Waals surface area (Å²) in [5.74, 6) is 0.248.